The van der Waals surface area contributed by atoms with Gasteiger partial charge in [0, 0.05) is 29.2 Å². The molecule has 1 saturated carbocycles. The number of nitrogens with one attached hydrogen (secondary N) is 2. The maximum atomic E-state index is 3.70. The Hall–Kier alpha value is -1.70. The minimum absolute atomic E-state index is 0.443. The minimum Gasteiger partial charge on any atom is -0.384 e. The smallest absolute Gasteiger partial charge is 0.0488 e. The largest absolute Gasteiger partial charge is 0.384 e. The number of fused-ring (bicyclic) bond motifs is 2. The van der Waals surface area contributed by atoms with Gasteiger partial charge in [0.2, 0.25) is 0 Å². The highest BCUT2D eigenvalue weighted by Crippen LogP contribution is 2.53. The van der Waals surface area contributed by atoms with Crippen molar-refractivity contribution in [2.45, 2.75) is 45.4 Å². The van der Waals surface area contributed by atoms with Crippen LogP contribution in [-0.2, 0) is 0 Å². The molecule has 0 atom stereocenters. The van der Waals surface area contributed by atoms with Crippen molar-refractivity contribution in [3.8, 4) is 0 Å². The van der Waals surface area contributed by atoms with Gasteiger partial charge in [-0.2, -0.15) is 0 Å². The van der Waals surface area contributed by atoms with Gasteiger partial charge in [-0.3, -0.25) is 0 Å². The second-order valence-corrected chi connectivity index (χ2v) is 6.76. The Labute approximate surface area is 127 Å². The molecule has 3 aliphatic rings. The topological polar surface area (TPSA) is 24.1 Å². The van der Waals surface area contributed by atoms with Crippen molar-refractivity contribution in [3.63, 3.8) is 0 Å². The van der Waals surface area contributed by atoms with Crippen LogP contribution < -0.4 is 10.6 Å². The highest BCUT2D eigenvalue weighted by molar-refractivity contribution is 5.86. The van der Waals surface area contributed by atoms with Crippen LogP contribution in [0, 0.1) is 5.41 Å². The first-order chi connectivity index (χ1) is 10.3. The molecule has 2 N–H and O–H groups in total. The quantitative estimate of drug-likeness (QED) is 0.840. The number of hydrogen-bond donors (Lipinski definition) is 2. The van der Waals surface area contributed by atoms with Crippen LogP contribution in [-0.4, -0.2) is 6.54 Å². The van der Waals surface area contributed by atoms with E-state index < -0.39 is 0 Å². The third-order valence-corrected chi connectivity index (χ3v) is 5.22. The summed E-state index contributed by atoms with van der Waals surface area (Å²) in [5.41, 5.74) is 7.30. The average molecular weight is 280 g/mol. The molecule has 2 aliphatic carbocycles. The Morgan fingerprint density at radius 2 is 2.00 bits per heavy atom. The summed E-state index contributed by atoms with van der Waals surface area (Å²) in [6.07, 6.45) is 10.4. The second kappa shape index (κ2) is 4.94. The van der Waals surface area contributed by atoms with Crippen LogP contribution in [0.5, 0.6) is 0 Å². The molecule has 0 bridgehead atoms. The molecular formula is C19H24N2. The predicted octanol–water partition coefficient (Wildman–Crippen LogP) is 4.67. The normalized spacial score (nSPS) is 21.9. The van der Waals surface area contributed by atoms with Crippen molar-refractivity contribution in [2.75, 3.05) is 11.9 Å². The second-order valence-electron chi connectivity index (χ2n) is 6.76. The van der Waals surface area contributed by atoms with Crippen molar-refractivity contribution < 1.29 is 0 Å². The Morgan fingerprint density at radius 1 is 1.19 bits per heavy atom. The van der Waals surface area contributed by atoms with Gasteiger partial charge < -0.3 is 10.6 Å². The fourth-order valence-electron chi connectivity index (χ4n) is 4.20. The SMILES string of the molecule is CCCNC1=C2CC3(C=C2Nc2ccccc21)CCCC3. The van der Waals surface area contributed by atoms with Crippen molar-refractivity contribution in [1.29, 1.82) is 0 Å². The standard InChI is InChI=1S/C19H24N2/c1-2-11-20-18-14-7-3-4-8-16(14)21-17-13-19(12-15(17)18)9-5-6-10-19/h3-4,7-8,13,20-21H,2,5-6,9-12H2,1H3. The molecule has 1 heterocycles. The van der Waals surface area contributed by atoms with Gasteiger partial charge in [0.15, 0.2) is 0 Å². The van der Waals surface area contributed by atoms with Crippen LogP contribution in [0.4, 0.5) is 5.69 Å². The lowest BCUT2D eigenvalue weighted by Crippen LogP contribution is -2.21. The van der Waals surface area contributed by atoms with Crippen LogP contribution in [0.15, 0.2) is 41.6 Å². The summed E-state index contributed by atoms with van der Waals surface area (Å²) in [7, 11) is 0. The van der Waals surface area contributed by atoms with E-state index in [0.29, 0.717) is 5.41 Å². The summed E-state index contributed by atoms with van der Waals surface area (Å²) in [4.78, 5) is 0. The summed E-state index contributed by atoms with van der Waals surface area (Å²) < 4.78 is 0. The summed E-state index contributed by atoms with van der Waals surface area (Å²) >= 11 is 0. The lowest BCUT2D eigenvalue weighted by Gasteiger charge is -2.26. The molecule has 0 radical (unpaired) electrons. The zero-order valence-electron chi connectivity index (χ0n) is 12.8. The molecule has 1 aliphatic heterocycles. The van der Waals surface area contributed by atoms with Gasteiger partial charge in [-0.25, -0.2) is 0 Å². The third-order valence-electron chi connectivity index (χ3n) is 5.22. The molecule has 1 aromatic rings. The molecule has 1 fully saturated rings. The number of hydrogen-bond acceptors (Lipinski definition) is 2. The van der Waals surface area contributed by atoms with Crippen molar-refractivity contribution in [1.82, 2.24) is 5.32 Å². The van der Waals surface area contributed by atoms with E-state index in [-0.39, 0.29) is 0 Å². The number of anilines is 1. The molecule has 1 aromatic carbocycles. The van der Waals surface area contributed by atoms with Gasteiger partial charge in [-0.05, 0) is 42.7 Å². The van der Waals surface area contributed by atoms with Gasteiger partial charge in [-0.1, -0.05) is 44.0 Å². The van der Waals surface area contributed by atoms with Gasteiger partial charge in [-0.15, -0.1) is 0 Å². The lowest BCUT2D eigenvalue weighted by molar-refractivity contribution is 0.411. The first-order valence-electron chi connectivity index (χ1n) is 8.38. The molecule has 0 amide bonds. The van der Waals surface area contributed by atoms with Gasteiger partial charge in [0.05, 0.1) is 0 Å². The van der Waals surface area contributed by atoms with Crippen LogP contribution in [0.1, 0.15) is 51.0 Å². The van der Waals surface area contributed by atoms with E-state index in [1.165, 1.54) is 60.3 Å². The number of para-hydroxylation sites is 1. The fourth-order valence-corrected chi connectivity index (χ4v) is 4.20. The highest BCUT2D eigenvalue weighted by atomic mass is 15.0. The lowest BCUT2D eigenvalue weighted by atomic mass is 9.84. The number of rotatable bonds is 3. The average Bonchev–Trinajstić information content (AvgIpc) is 3.10. The van der Waals surface area contributed by atoms with Crippen LogP contribution >= 0.6 is 0 Å². The van der Waals surface area contributed by atoms with E-state index in [2.05, 4.69) is 47.9 Å². The van der Waals surface area contributed by atoms with E-state index in [9.17, 15) is 0 Å². The van der Waals surface area contributed by atoms with Crippen LogP contribution in [0.2, 0.25) is 0 Å². The first-order valence-corrected chi connectivity index (χ1v) is 8.38. The van der Waals surface area contributed by atoms with E-state index in [1.54, 1.807) is 0 Å². The molecule has 110 valence electrons. The Bertz CT molecular complexity index is 618. The molecule has 21 heavy (non-hydrogen) atoms. The zero-order chi connectivity index (χ0) is 14.3. The number of allylic oxidation sites excluding steroid dienone is 2. The maximum absolute atomic E-state index is 3.70. The van der Waals surface area contributed by atoms with E-state index in [0.717, 1.165) is 13.0 Å². The van der Waals surface area contributed by atoms with Crippen molar-refractivity contribution in [3.05, 3.63) is 47.2 Å². The van der Waals surface area contributed by atoms with Gasteiger partial charge in [0.1, 0.15) is 0 Å². The third kappa shape index (κ3) is 2.08. The fraction of sp³-hybridized carbons (Fsp3) is 0.474. The maximum Gasteiger partial charge on any atom is 0.0488 e. The van der Waals surface area contributed by atoms with E-state index in [1.807, 2.05) is 0 Å². The monoisotopic (exact) mass is 280 g/mol. The first kappa shape index (κ1) is 13.0. The van der Waals surface area contributed by atoms with E-state index in [4.69, 9.17) is 0 Å². The summed E-state index contributed by atoms with van der Waals surface area (Å²) in [5, 5.41) is 7.38. The Kier molecular flexibility index (Phi) is 3.06. The summed E-state index contributed by atoms with van der Waals surface area (Å²) in [5.74, 6) is 0. The molecule has 0 saturated heterocycles. The van der Waals surface area contributed by atoms with Gasteiger partial charge >= 0.3 is 0 Å². The molecule has 2 heteroatoms. The molecular weight excluding hydrogens is 256 g/mol. The molecule has 1 spiro atoms. The number of benzene rings is 1. The Morgan fingerprint density at radius 3 is 2.81 bits per heavy atom. The van der Waals surface area contributed by atoms with E-state index >= 15 is 0 Å². The van der Waals surface area contributed by atoms with Crippen molar-refractivity contribution in [2.24, 2.45) is 5.41 Å². The summed E-state index contributed by atoms with van der Waals surface area (Å²) in [6, 6.07) is 8.70. The van der Waals surface area contributed by atoms with Crippen LogP contribution in [0.3, 0.4) is 0 Å². The zero-order valence-corrected chi connectivity index (χ0v) is 12.8. The van der Waals surface area contributed by atoms with Crippen molar-refractivity contribution >= 4 is 11.4 Å². The van der Waals surface area contributed by atoms with Gasteiger partial charge in [0.25, 0.3) is 0 Å². The van der Waals surface area contributed by atoms with Crippen LogP contribution in [0.25, 0.3) is 5.70 Å². The molecule has 4 rings (SSSR count). The molecule has 0 aromatic heterocycles. The Balaban J connectivity index is 1.79. The predicted molar refractivity (Wildman–Crippen MR) is 88.9 cm³/mol. The minimum atomic E-state index is 0.443. The highest BCUT2D eigenvalue weighted by Gasteiger charge is 2.41. The molecule has 0 unspecified atom stereocenters. The molecule has 2 nitrogen and oxygen atoms in total. The summed E-state index contributed by atoms with van der Waals surface area (Å²) in [6.45, 7) is 3.28.